The van der Waals surface area contributed by atoms with Gasteiger partial charge in [0.15, 0.2) is 0 Å². The molecule has 3 aromatic carbocycles. The Morgan fingerprint density at radius 2 is 1.70 bits per heavy atom. The number of hydrogen-bond donors (Lipinski definition) is 1. The number of rotatable bonds is 10. The van der Waals surface area contributed by atoms with Gasteiger partial charge in [-0.25, -0.2) is 0 Å². The van der Waals surface area contributed by atoms with Gasteiger partial charge < -0.3 is 24.2 Å². The van der Waals surface area contributed by atoms with E-state index in [1.807, 2.05) is 31.2 Å². The molecule has 0 radical (unpaired) electrons. The number of ketones is 1. The van der Waals surface area contributed by atoms with Crippen LogP contribution in [0.3, 0.4) is 0 Å². The van der Waals surface area contributed by atoms with Crippen molar-refractivity contribution in [3.05, 3.63) is 101 Å². The average molecular weight is 502 g/mol. The highest BCUT2D eigenvalue weighted by Gasteiger charge is 2.45. The SMILES string of the molecule is COCCCN1C(=O)C(=O)/C(=C(/O)c2ccc(OCc3cccc(C)c3)cc2)C1c1cccc(OC)c1. The Morgan fingerprint density at radius 3 is 2.41 bits per heavy atom. The zero-order valence-electron chi connectivity index (χ0n) is 21.3. The molecular formula is C30H31NO6. The van der Waals surface area contributed by atoms with Crippen LogP contribution in [0.2, 0.25) is 0 Å². The fourth-order valence-electron chi connectivity index (χ4n) is 4.48. The third kappa shape index (κ3) is 5.84. The average Bonchev–Trinajstić information content (AvgIpc) is 3.17. The maximum atomic E-state index is 13.2. The van der Waals surface area contributed by atoms with Crippen LogP contribution in [0.15, 0.2) is 78.4 Å². The highest BCUT2D eigenvalue weighted by molar-refractivity contribution is 6.46. The predicted octanol–water partition coefficient (Wildman–Crippen LogP) is 5.04. The van der Waals surface area contributed by atoms with Crippen molar-refractivity contribution in [1.29, 1.82) is 0 Å². The standard InChI is InChI=1S/C30H31NO6/c1-20-7-4-8-21(17-20)19-37-24-13-11-22(12-14-24)28(32)26-27(23-9-5-10-25(18-23)36-3)31(15-6-16-35-2)30(34)29(26)33/h4-5,7-14,17-18,27,32H,6,15-16,19H2,1-3H3/b28-26+. The second kappa shape index (κ2) is 11.8. The fraction of sp³-hybridized carbons (Fsp3) is 0.267. The van der Waals surface area contributed by atoms with Crippen LogP contribution in [-0.4, -0.2) is 49.1 Å². The second-order valence-electron chi connectivity index (χ2n) is 8.92. The van der Waals surface area contributed by atoms with E-state index < -0.39 is 17.7 Å². The van der Waals surface area contributed by atoms with Gasteiger partial charge in [-0.2, -0.15) is 0 Å². The highest BCUT2D eigenvalue weighted by Crippen LogP contribution is 2.40. The summed E-state index contributed by atoms with van der Waals surface area (Å²) in [6.45, 7) is 3.19. The number of aryl methyl sites for hydroxylation is 1. The summed E-state index contributed by atoms with van der Waals surface area (Å²) in [6.07, 6.45) is 0.553. The Hall–Kier alpha value is -4.10. The van der Waals surface area contributed by atoms with Gasteiger partial charge in [-0.05, 0) is 60.9 Å². The van der Waals surface area contributed by atoms with Gasteiger partial charge in [0.1, 0.15) is 23.9 Å². The van der Waals surface area contributed by atoms with Crippen molar-refractivity contribution in [2.24, 2.45) is 0 Å². The lowest BCUT2D eigenvalue weighted by Crippen LogP contribution is -2.31. The van der Waals surface area contributed by atoms with Crippen LogP contribution in [-0.2, 0) is 20.9 Å². The number of carbonyl (C=O) groups excluding carboxylic acids is 2. The quantitative estimate of drug-likeness (QED) is 0.181. The van der Waals surface area contributed by atoms with Gasteiger partial charge in [0.05, 0.1) is 18.7 Å². The van der Waals surface area contributed by atoms with Crippen LogP contribution in [0.1, 0.15) is 34.7 Å². The summed E-state index contributed by atoms with van der Waals surface area (Å²) in [5, 5.41) is 11.3. The van der Waals surface area contributed by atoms with Gasteiger partial charge in [0.25, 0.3) is 11.7 Å². The smallest absolute Gasteiger partial charge is 0.295 e. The molecule has 192 valence electrons. The van der Waals surface area contributed by atoms with E-state index in [4.69, 9.17) is 14.2 Å². The Morgan fingerprint density at radius 1 is 0.946 bits per heavy atom. The molecule has 0 bridgehead atoms. The van der Waals surface area contributed by atoms with Gasteiger partial charge in [-0.3, -0.25) is 9.59 Å². The maximum absolute atomic E-state index is 13.2. The molecule has 1 atom stereocenters. The van der Waals surface area contributed by atoms with E-state index in [2.05, 4.69) is 6.07 Å². The zero-order chi connectivity index (χ0) is 26.4. The topological polar surface area (TPSA) is 85.3 Å². The number of likely N-dealkylation sites (tertiary alicyclic amines) is 1. The Kier molecular flexibility index (Phi) is 8.25. The van der Waals surface area contributed by atoms with Crippen molar-refractivity contribution in [3.8, 4) is 11.5 Å². The summed E-state index contributed by atoms with van der Waals surface area (Å²) in [5.74, 6) is -0.380. The molecule has 7 nitrogen and oxygen atoms in total. The van der Waals surface area contributed by atoms with Gasteiger partial charge in [0, 0.05) is 25.8 Å². The first kappa shape index (κ1) is 26.0. The van der Waals surface area contributed by atoms with E-state index in [0.717, 1.165) is 11.1 Å². The number of Topliss-reactive ketones (excluding diaryl/α,β-unsaturated/α-hetero) is 1. The van der Waals surface area contributed by atoms with Crippen LogP contribution in [0.5, 0.6) is 11.5 Å². The Balaban J connectivity index is 1.64. The molecule has 4 rings (SSSR count). The van der Waals surface area contributed by atoms with Crippen LogP contribution in [0.25, 0.3) is 5.76 Å². The van der Waals surface area contributed by atoms with E-state index in [1.165, 1.54) is 4.90 Å². The molecule has 1 saturated heterocycles. The first-order valence-electron chi connectivity index (χ1n) is 12.1. The first-order chi connectivity index (χ1) is 17.9. The second-order valence-corrected chi connectivity index (χ2v) is 8.92. The molecule has 7 heteroatoms. The number of hydrogen-bond acceptors (Lipinski definition) is 6. The summed E-state index contributed by atoms with van der Waals surface area (Å²) in [4.78, 5) is 27.7. The van der Waals surface area contributed by atoms with Crippen molar-refractivity contribution in [1.82, 2.24) is 4.90 Å². The number of carbonyl (C=O) groups is 2. The van der Waals surface area contributed by atoms with Crippen molar-refractivity contribution < 1.29 is 28.9 Å². The van der Waals surface area contributed by atoms with Crippen LogP contribution >= 0.6 is 0 Å². The van der Waals surface area contributed by atoms with Gasteiger partial charge in [-0.1, -0.05) is 42.0 Å². The third-order valence-corrected chi connectivity index (χ3v) is 6.31. The summed E-state index contributed by atoms with van der Waals surface area (Å²) >= 11 is 0. The Bertz CT molecular complexity index is 1300. The molecule has 0 aliphatic carbocycles. The van der Waals surface area contributed by atoms with E-state index in [9.17, 15) is 14.7 Å². The van der Waals surface area contributed by atoms with Crippen molar-refractivity contribution in [2.45, 2.75) is 26.0 Å². The minimum absolute atomic E-state index is 0.0455. The number of nitrogens with zero attached hydrogens (tertiary/aromatic N) is 1. The minimum atomic E-state index is -0.746. The molecule has 0 spiro atoms. The molecule has 1 aliphatic heterocycles. The molecule has 0 aromatic heterocycles. The molecule has 1 fully saturated rings. The molecule has 1 amide bonds. The van der Waals surface area contributed by atoms with E-state index in [1.54, 1.807) is 56.7 Å². The minimum Gasteiger partial charge on any atom is -0.507 e. The highest BCUT2D eigenvalue weighted by atomic mass is 16.5. The molecule has 37 heavy (non-hydrogen) atoms. The Labute approximate surface area is 216 Å². The largest absolute Gasteiger partial charge is 0.507 e. The molecule has 1 aliphatic rings. The van der Waals surface area contributed by atoms with E-state index in [0.29, 0.717) is 48.8 Å². The van der Waals surface area contributed by atoms with Gasteiger partial charge in [-0.15, -0.1) is 0 Å². The van der Waals surface area contributed by atoms with Gasteiger partial charge in [0.2, 0.25) is 0 Å². The van der Waals surface area contributed by atoms with Crippen LogP contribution in [0, 0.1) is 6.92 Å². The first-order valence-corrected chi connectivity index (χ1v) is 12.1. The monoisotopic (exact) mass is 501 g/mol. The molecule has 3 aromatic rings. The summed E-state index contributed by atoms with van der Waals surface area (Å²) in [5.41, 5.74) is 3.36. The molecule has 1 unspecified atom stereocenters. The molecule has 0 saturated carbocycles. The molecular weight excluding hydrogens is 470 g/mol. The maximum Gasteiger partial charge on any atom is 0.295 e. The fourth-order valence-corrected chi connectivity index (χ4v) is 4.48. The normalized spacial score (nSPS) is 16.7. The van der Waals surface area contributed by atoms with Gasteiger partial charge >= 0.3 is 0 Å². The lowest BCUT2D eigenvalue weighted by atomic mass is 9.95. The zero-order valence-corrected chi connectivity index (χ0v) is 21.3. The van der Waals surface area contributed by atoms with Crippen molar-refractivity contribution >= 4 is 17.4 Å². The van der Waals surface area contributed by atoms with Crippen molar-refractivity contribution in [3.63, 3.8) is 0 Å². The number of amides is 1. The van der Waals surface area contributed by atoms with E-state index >= 15 is 0 Å². The third-order valence-electron chi connectivity index (χ3n) is 6.31. The molecule has 1 N–H and O–H groups in total. The number of aliphatic hydroxyl groups excluding tert-OH is 1. The molecule has 1 heterocycles. The summed E-state index contributed by atoms with van der Waals surface area (Å²) < 4.78 is 16.4. The summed E-state index contributed by atoms with van der Waals surface area (Å²) in [6, 6.07) is 21.3. The predicted molar refractivity (Wildman–Crippen MR) is 140 cm³/mol. The summed E-state index contributed by atoms with van der Waals surface area (Å²) in [7, 11) is 3.14. The number of benzene rings is 3. The number of ether oxygens (including phenoxy) is 3. The lowest BCUT2D eigenvalue weighted by Gasteiger charge is -2.25. The number of methoxy groups -OCH3 is 2. The van der Waals surface area contributed by atoms with E-state index in [-0.39, 0.29) is 11.3 Å². The lowest BCUT2D eigenvalue weighted by molar-refractivity contribution is -0.140. The van der Waals surface area contributed by atoms with Crippen LogP contribution in [0.4, 0.5) is 0 Å². The van der Waals surface area contributed by atoms with Crippen molar-refractivity contribution in [2.75, 3.05) is 27.4 Å². The number of aliphatic hydroxyl groups is 1. The van der Waals surface area contributed by atoms with Crippen LogP contribution < -0.4 is 9.47 Å².